The maximum absolute atomic E-state index is 6.01. The summed E-state index contributed by atoms with van der Waals surface area (Å²) in [6.45, 7) is 2.54. The third-order valence-corrected chi connectivity index (χ3v) is 3.33. The Bertz CT molecular complexity index is 611. The van der Waals surface area contributed by atoms with Crippen LogP contribution in [0, 0.1) is 6.92 Å². The standard InChI is InChI=1S/C14H18ClN3O2/c1-9-11(14(20-4)18(2)17-9)8-16-12-7-10(15)5-6-13(12)19-3/h5-7,16H,8H2,1-4H3. The highest BCUT2D eigenvalue weighted by atomic mass is 35.5. The molecule has 5 nitrogen and oxygen atoms in total. The van der Waals surface area contributed by atoms with Gasteiger partial charge >= 0.3 is 0 Å². The third kappa shape index (κ3) is 2.82. The summed E-state index contributed by atoms with van der Waals surface area (Å²) in [5.41, 5.74) is 2.78. The summed E-state index contributed by atoms with van der Waals surface area (Å²) in [6, 6.07) is 5.46. The predicted octanol–water partition coefficient (Wildman–Crippen LogP) is 3.01. The van der Waals surface area contributed by atoms with Crippen LogP contribution in [0.3, 0.4) is 0 Å². The van der Waals surface area contributed by atoms with Gasteiger partial charge in [0.25, 0.3) is 0 Å². The Morgan fingerprint density at radius 1 is 1.30 bits per heavy atom. The second kappa shape index (κ2) is 6.05. The van der Waals surface area contributed by atoms with E-state index in [0.29, 0.717) is 11.6 Å². The molecule has 0 atom stereocenters. The summed E-state index contributed by atoms with van der Waals surface area (Å²) in [6.07, 6.45) is 0. The van der Waals surface area contributed by atoms with Crippen molar-refractivity contribution in [2.75, 3.05) is 19.5 Å². The SMILES string of the molecule is COc1ccc(Cl)cc1NCc1c(C)nn(C)c1OC. The summed E-state index contributed by atoms with van der Waals surface area (Å²) in [4.78, 5) is 0. The molecule has 0 spiro atoms. The number of hydrogen-bond acceptors (Lipinski definition) is 4. The molecule has 0 radical (unpaired) electrons. The van der Waals surface area contributed by atoms with Gasteiger partial charge in [-0.1, -0.05) is 11.6 Å². The van der Waals surface area contributed by atoms with Crippen molar-refractivity contribution >= 4 is 17.3 Å². The Morgan fingerprint density at radius 2 is 2.05 bits per heavy atom. The van der Waals surface area contributed by atoms with Crippen LogP contribution < -0.4 is 14.8 Å². The van der Waals surface area contributed by atoms with E-state index in [1.165, 1.54) is 0 Å². The van der Waals surface area contributed by atoms with E-state index < -0.39 is 0 Å². The molecule has 1 aromatic carbocycles. The molecule has 0 bridgehead atoms. The molecule has 0 aliphatic carbocycles. The molecule has 1 N–H and O–H groups in total. The summed E-state index contributed by atoms with van der Waals surface area (Å²) in [7, 11) is 5.12. The van der Waals surface area contributed by atoms with Crippen molar-refractivity contribution in [2.24, 2.45) is 7.05 Å². The number of benzene rings is 1. The van der Waals surface area contributed by atoms with Crippen LogP contribution in [0.2, 0.25) is 5.02 Å². The number of nitrogens with zero attached hydrogens (tertiary/aromatic N) is 2. The van der Waals surface area contributed by atoms with Crippen LogP contribution in [-0.2, 0) is 13.6 Å². The molecule has 0 amide bonds. The summed E-state index contributed by atoms with van der Waals surface area (Å²) in [5, 5.41) is 8.31. The van der Waals surface area contributed by atoms with Crippen molar-refractivity contribution in [3.63, 3.8) is 0 Å². The van der Waals surface area contributed by atoms with Crippen molar-refractivity contribution in [3.8, 4) is 11.6 Å². The van der Waals surface area contributed by atoms with Gasteiger partial charge < -0.3 is 14.8 Å². The minimum absolute atomic E-state index is 0.583. The molecule has 1 heterocycles. The smallest absolute Gasteiger partial charge is 0.216 e. The van der Waals surface area contributed by atoms with E-state index in [0.717, 1.165) is 28.6 Å². The first kappa shape index (κ1) is 14.5. The first-order chi connectivity index (χ1) is 9.56. The molecule has 2 aromatic rings. The van der Waals surface area contributed by atoms with E-state index in [1.807, 2.05) is 26.1 Å². The van der Waals surface area contributed by atoms with Crippen LogP contribution in [0.25, 0.3) is 0 Å². The van der Waals surface area contributed by atoms with Crippen molar-refractivity contribution in [1.29, 1.82) is 0 Å². The Morgan fingerprint density at radius 3 is 2.70 bits per heavy atom. The first-order valence-corrected chi connectivity index (χ1v) is 6.58. The van der Waals surface area contributed by atoms with Crippen molar-refractivity contribution in [1.82, 2.24) is 9.78 Å². The molecule has 1 aromatic heterocycles. The topological polar surface area (TPSA) is 48.3 Å². The average molecular weight is 296 g/mol. The Balaban J connectivity index is 2.23. The molecule has 0 aliphatic rings. The number of anilines is 1. The number of rotatable bonds is 5. The Hall–Kier alpha value is -1.88. The van der Waals surface area contributed by atoms with E-state index in [-0.39, 0.29) is 0 Å². The van der Waals surface area contributed by atoms with Gasteiger partial charge in [-0.3, -0.25) is 0 Å². The molecular formula is C14H18ClN3O2. The van der Waals surface area contributed by atoms with Crippen LogP contribution in [0.15, 0.2) is 18.2 Å². The van der Waals surface area contributed by atoms with E-state index in [4.69, 9.17) is 21.1 Å². The van der Waals surface area contributed by atoms with Gasteiger partial charge in [0, 0.05) is 18.6 Å². The molecule has 2 rings (SSSR count). The second-order valence-electron chi connectivity index (χ2n) is 4.40. The Kier molecular flexibility index (Phi) is 4.39. The molecule has 0 saturated heterocycles. The number of ether oxygens (including phenoxy) is 2. The van der Waals surface area contributed by atoms with Crippen LogP contribution in [-0.4, -0.2) is 24.0 Å². The number of halogens is 1. The first-order valence-electron chi connectivity index (χ1n) is 6.20. The largest absolute Gasteiger partial charge is 0.495 e. The number of methoxy groups -OCH3 is 2. The molecule has 20 heavy (non-hydrogen) atoms. The van der Waals surface area contributed by atoms with Gasteiger partial charge in [0.2, 0.25) is 5.88 Å². The minimum Gasteiger partial charge on any atom is -0.495 e. The maximum Gasteiger partial charge on any atom is 0.216 e. The summed E-state index contributed by atoms with van der Waals surface area (Å²) >= 11 is 6.01. The molecular weight excluding hydrogens is 278 g/mol. The Labute approximate surface area is 123 Å². The van der Waals surface area contributed by atoms with E-state index in [1.54, 1.807) is 25.0 Å². The van der Waals surface area contributed by atoms with E-state index in [2.05, 4.69) is 10.4 Å². The van der Waals surface area contributed by atoms with Crippen molar-refractivity contribution < 1.29 is 9.47 Å². The molecule has 108 valence electrons. The van der Waals surface area contributed by atoms with Crippen LogP contribution >= 0.6 is 11.6 Å². The van der Waals surface area contributed by atoms with Crippen molar-refractivity contribution in [3.05, 3.63) is 34.5 Å². The number of nitrogens with one attached hydrogen (secondary N) is 1. The second-order valence-corrected chi connectivity index (χ2v) is 4.83. The summed E-state index contributed by atoms with van der Waals surface area (Å²) in [5.74, 6) is 1.49. The van der Waals surface area contributed by atoms with E-state index in [9.17, 15) is 0 Å². The lowest BCUT2D eigenvalue weighted by atomic mass is 10.2. The molecule has 6 heteroatoms. The average Bonchev–Trinajstić information content (AvgIpc) is 2.70. The van der Waals surface area contributed by atoms with Gasteiger partial charge in [-0.2, -0.15) is 5.10 Å². The lowest BCUT2D eigenvalue weighted by Gasteiger charge is -2.12. The summed E-state index contributed by atoms with van der Waals surface area (Å²) < 4.78 is 12.4. The number of aromatic nitrogens is 2. The van der Waals surface area contributed by atoms with Gasteiger partial charge in [0.05, 0.1) is 31.2 Å². The maximum atomic E-state index is 6.01. The zero-order valence-electron chi connectivity index (χ0n) is 12.0. The zero-order chi connectivity index (χ0) is 14.7. The molecule has 0 unspecified atom stereocenters. The zero-order valence-corrected chi connectivity index (χ0v) is 12.8. The van der Waals surface area contributed by atoms with Gasteiger partial charge in [-0.15, -0.1) is 0 Å². The molecule has 0 saturated carbocycles. The van der Waals surface area contributed by atoms with Crippen LogP contribution in [0.4, 0.5) is 5.69 Å². The fraction of sp³-hybridized carbons (Fsp3) is 0.357. The fourth-order valence-electron chi connectivity index (χ4n) is 2.14. The van der Waals surface area contributed by atoms with Gasteiger partial charge in [0.15, 0.2) is 0 Å². The highest BCUT2D eigenvalue weighted by Crippen LogP contribution is 2.29. The van der Waals surface area contributed by atoms with E-state index >= 15 is 0 Å². The van der Waals surface area contributed by atoms with Crippen LogP contribution in [0.1, 0.15) is 11.3 Å². The lowest BCUT2D eigenvalue weighted by molar-refractivity contribution is 0.369. The fourth-order valence-corrected chi connectivity index (χ4v) is 2.31. The minimum atomic E-state index is 0.583. The molecule has 0 fully saturated rings. The number of aryl methyl sites for hydroxylation is 2. The van der Waals surface area contributed by atoms with Gasteiger partial charge in [-0.25, -0.2) is 4.68 Å². The van der Waals surface area contributed by atoms with Gasteiger partial charge in [-0.05, 0) is 25.1 Å². The highest BCUT2D eigenvalue weighted by Gasteiger charge is 2.14. The molecule has 0 aliphatic heterocycles. The normalized spacial score (nSPS) is 10.4. The number of hydrogen-bond donors (Lipinski definition) is 1. The predicted molar refractivity (Wildman–Crippen MR) is 79.8 cm³/mol. The van der Waals surface area contributed by atoms with Crippen molar-refractivity contribution in [2.45, 2.75) is 13.5 Å². The third-order valence-electron chi connectivity index (χ3n) is 3.10. The lowest BCUT2D eigenvalue weighted by Crippen LogP contribution is -2.04. The van der Waals surface area contributed by atoms with Crippen LogP contribution in [0.5, 0.6) is 11.6 Å². The van der Waals surface area contributed by atoms with Gasteiger partial charge in [0.1, 0.15) is 5.75 Å². The monoisotopic (exact) mass is 295 g/mol. The highest BCUT2D eigenvalue weighted by molar-refractivity contribution is 6.30. The quantitative estimate of drug-likeness (QED) is 0.921.